The van der Waals surface area contributed by atoms with Crippen LogP contribution in [0.1, 0.15) is 31.1 Å². The number of nitrogens with zero attached hydrogens (tertiary/aromatic N) is 1. The predicted octanol–water partition coefficient (Wildman–Crippen LogP) is 3.48. The lowest BCUT2D eigenvalue weighted by molar-refractivity contribution is 0.0281. The molecule has 0 aliphatic carbocycles. The van der Waals surface area contributed by atoms with Gasteiger partial charge in [0.05, 0.1) is 0 Å². The molecule has 0 aliphatic rings. The van der Waals surface area contributed by atoms with Gasteiger partial charge in [0.1, 0.15) is 6.10 Å². The van der Waals surface area contributed by atoms with Crippen LogP contribution in [0.5, 0.6) is 0 Å². The van der Waals surface area contributed by atoms with Crippen LogP contribution >= 0.6 is 0 Å². The SMILES string of the molecule is CCOC(C(=O)c1cccc2cnccc12)C(C)C. The molecule has 0 spiro atoms. The van der Waals surface area contributed by atoms with E-state index < -0.39 is 0 Å². The minimum absolute atomic E-state index is 0.0497. The third-order valence-electron chi connectivity index (χ3n) is 3.16. The average Bonchev–Trinajstić information content (AvgIpc) is 2.43. The van der Waals surface area contributed by atoms with Crippen LogP contribution in [0.2, 0.25) is 0 Å². The highest BCUT2D eigenvalue weighted by Crippen LogP contribution is 2.22. The molecule has 0 saturated heterocycles. The first-order valence-electron chi connectivity index (χ1n) is 6.63. The molecule has 0 fully saturated rings. The van der Waals surface area contributed by atoms with Crippen molar-refractivity contribution in [1.29, 1.82) is 0 Å². The topological polar surface area (TPSA) is 39.2 Å². The Kier molecular flexibility index (Phi) is 4.27. The minimum Gasteiger partial charge on any atom is -0.370 e. The summed E-state index contributed by atoms with van der Waals surface area (Å²) in [4.78, 5) is 16.7. The lowest BCUT2D eigenvalue weighted by atomic mass is 9.94. The summed E-state index contributed by atoms with van der Waals surface area (Å²) in [5.41, 5.74) is 0.715. The van der Waals surface area contributed by atoms with Crippen molar-refractivity contribution in [3.63, 3.8) is 0 Å². The van der Waals surface area contributed by atoms with Gasteiger partial charge in [-0.3, -0.25) is 9.78 Å². The van der Waals surface area contributed by atoms with Crippen LogP contribution in [0.15, 0.2) is 36.7 Å². The third-order valence-corrected chi connectivity index (χ3v) is 3.16. The summed E-state index contributed by atoms with van der Waals surface area (Å²) in [6.07, 6.45) is 3.10. The standard InChI is InChI=1S/C16H19NO2/c1-4-19-16(11(2)3)15(18)14-7-5-6-12-10-17-9-8-13(12)14/h5-11,16H,4H2,1-3H3. The molecular formula is C16H19NO2. The average molecular weight is 257 g/mol. The van der Waals surface area contributed by atoms with Gasteiger partial charge in [0.2, 0.25) is 0 Å². The van der Waals surface area contributed by atoms with Gasteiger partial charge in [-0.15, -0.1) is 0 Å². The molecule has 1 heterocycles. The number of rotatable bonds is 5. The first-order chi connectivity index (χ1) is 9.15. The molecule has 2 rings (SSSR count). The van der Waals surface area contributed by atoms with Crippen molar-refractivity contribution < 1.29 is 9.53 Å². The van der Waals surface area contributed by atoms with Gasteiger partial charge in [0.25, 0.3) is 0 Å². The van der Waals surface area contributed by atoms with Gasteiger partial charge in [-0.25, -0.2) is 0 Å². The zero-order valence-corrected chi connectivity index (χ0v) is 11.6. The number of pyridine rings is 1. The maximum absolute atomic E-state index is 12.6. The van der Waals surface area contributed by atoms with Crippen LogP contribution in [-0.4, -0.2) is 23.5 Å². The summed E-state index contributed by atoms with van der Waals surface area (Å²) in [7, 11) is 0. The van der Waals surface area contributed by atoms with Gasteiger partial charge < -0.3 is 4.74 Å². The van der Waals surface area contributed by atoms with E-state index in [9.17, 15) is 4.79 Å². The van der Waals surface area contributed by atoms with E-state index in [1.54, 1.807) is 12.4 Å². The Morgan fingerprint density at radius 3 is 2.79 bits per heavy atom. The van der Waals surface area contributed by atoms with E-state index in [2.05, 4.69) is 4.98 Å². The van der Waals surface area contributed by atoms with E-state index in [0.29, 0.717) is 12.2 Å². The molecule has 1 unspecified atom stereocenters. The first-order valence-corrected chi connectivity index (χ1v) is 6.63. The number of carbonyl (C=O) groups is 1. The van der Waals surface area contributed by atoms with Crippen LogP contribution < -0.4 is 0 Å². The van der Waals surface area contributed by atoms with Gasteiger partial charge in [0.15, 0.2) is 5.78 Å². The molecule has 3 heteroatoms. The molecule has 0 amide bonds. The fourth-order valence-electron chi connectivity index (χ4n) is 2.24. The Hall–Kier alpha value is -1.74. The largest absolute Gasteiger partial charge is 0.370 e. The molecule has 1 aromatic carbocycles. The zero-order chi connectivity index (χ0) is 13.8. The molecule has 0 radical (unpaired) electrons. The van der Waals surface area contributed by atoms with Crippen molar-refractivity contribution in [3.8, 4) is 0 Å². The maximum atomic E-state index is 12.6. The molecule has 0 bridgehead atoms. The molecule has 2 aromatic rings. The summed E-state index contributed by atoms with van der Waals surface area (Å²) < 4.78 is 5.60. The predicted molar refractivity (Wildman–Crippen MR) is 76.3 cm³/mol. The number of ether oxygens (including phenoxy) is 1. The van der Waals surface area contributed by atoms with Crippen LogP contribution in [0.3, 0.4) is 0 Å². The van der Waals surface area contributed by atoms with Crippen molar-refractivity contribution in [2.75, 3.05) is 6.61 Å². The van der Waals surface area contributed by atoms with Crippen molar-refractivity contribution in [2.24, 2.45) is 5.92 Å². The van der Waals surface area contributed by atoms with Crippen LogP contribution in [0.4, 0.5) is 0 Å². The van der Waals surface area contributed by atoms with Gasteiger partial charge in [-0.1, -0.05) is 32.0 Å². The fourth-order valence-corrected chi connectivity index (χ4v) is 2.24. The number of hydrogen-bond acceptors (Lipinski definition) is 3. The Bertz CT molecular complexity index is 572. The Morgan fingerprint density at radius 1 is 1.32 bits per heavy atom. The molecule has 100 valence electrons. The number of aromatic nitrogens is 1. The highest BCUT2D eigenvalue weighted by Gasteiger charge is 2.24. The first kappa shape index (κ1) is 13.7. The summed E-state index contributed by atoms with van der Waals surface area (Å²) in [5.74, 6) is 0.207. The minimum atomic E-state index is -0.385. The molecule has 0 N–H and O–H groups in total. The van der Waals surface area contributed by atoms with Gasteiger partial charge in [-0.2, -0.15) is 0 Å². The van der Waals surface area contributed by atoms with E-state index in [1.807, 2.05) is 45.0 Å². The Morgan fingerprint density at radius 2 is 2.11 bits per heavy atom. The van der Waals surface area contributed by atoms with Gasteiger partial charge in [0, 0.05) is 30.0 Å². The lowest BCUT2D eigenvalue weighted by Crippen LogP contribution is -2.30. The molecule has 0 saturated carbocycles. The summed E-state index contributed by atoms with van der Waals surface area (Å²) >= 11 is 0. The van der Waals surface area contributed by atoms with Crippen molar-refractivity contribution in [3.05, 3.63) is 42.2 Å². The van der Waals surface area contributed by atoms with Crippen LogP contribution in [0, 0.1) is 5.92 Å². The van der Waals surface area contributed by atoms with Gasteiger partial charge >= 0.3 is 0 Å². The Labute approximate surface area is 113 Å². The fraction of sp³-hybridized carbons (Fsp3) is 0.375. The van der Waals surface area contributed by atoms with E-state index in [0.717, 1.165) is 10.8 Å². The number of benzene rings is 1. The highest BCUT2D eigenvalue weighted by atomic mass is 16.5. The van der Waals surface area contributed by atoms with E-state index in [-0.39, 0.29) is 17.8 Å². The number of Topliss-reactive ketones (excluding diaryl/α,β-unsaturated/α-hetero) is 1. The van der Waals surface area contributed by atoms with Crippen molar-refractivity contribution in [1.82, 2.24) is 4.98 Å². The molecular weight excluding hydrogens is 238 g/mol. The van der Waals surface area contributed by atoms with E-state index >= 15 is 0 Å². The van der Waals surface area contributed by atoms with Crippen molar-refractivity contribution >= 4 is 16.6 Å². The molecule has 1 aromatic heterocycles. The smallest absolute Gasteiger partial charge is 0.192 e. The normalized spacial score (nSPS) is 12.8. The van der Waals surface area contributed by atoms with E-state index in [4.69, 9.17) is 4.74 Å². The summed E-state index contributed by atoms with van der Waals surface area (Å²) in [5, 5.41) is 1.92. The maximum Gasteiger partial charge on any atom is 0.192 e. The quantitative estimate of drug-likeness (QED) is 0.770. The Balaban J connectivity index is 2.45. The van der Waals surface area contributed by atoms with Crippen molar-refractivity contribution in [2.45, 2.75) is 26.9 Å². The second-order valence-corrected chi connectivity index (χ2v) is 4.89. The van der Waals surface area contributed by atoms with E-state index in [1.165, 1.54) is 0 Å². The summed E-state index contributed by atoms with van der Waals surface area (Å²) in [6.45, 7) is 6.46. The van der Waals surface area contributed by atoms with Crippen LogP contribution in [-0.2, 0) is 4.74 Å². The molecule has 0 aliphatic heterocycles. The second kappa shape index (κ2) is 5.93. The zero-order valence-electron chi connectivity index (χ0n) is 11.6. The monoisotopic (exact) mass is 257 g/mol. The third kappa shape index (κ3) is 2.82. The summed E-state index contributed by atoms with van der Waals surface area (Å²) in [6, 6.07) is 7.59. The number of hydrogen-bond donors (Lipinski definition) is 0. The van der Waals surface area contributed by atoms with Crippen LogP contribution in [0.25, 0.3) is 10.8 Å². The number of fused-ring (bicyclic) bond motifs is 1. The number of ketones is 1. The second-order valence-electron chi connectivity index (χ2n) is 4.89. The number of carbonyl (C=O) groups excluding carboxylic acids is 1. The molecule has 1 atom stereocenters. The molecule has 3 nitrogen and oxygen atoms in total. The van der Waals surface area contributed by atoms with Gasteiger partial charge in [-0.05, 0) is 24.3 Å². The molecule has 19 heavy (non-hydrogen) atoms. The lowest BCUT2D eigenvalue weighted by Gasteiger charge is -2.20. The highest BCUT2D eigenvalue weighted by molar-refractivity contribution is 6.10.